The lowest BCUT2D eigenvalue weighted by Crippen LogP contribution is -2.46. The third-order valence-electron chi connectivity index (χ3n) is 3.01. The lowest BCUT2D eigenvalue weighted by Gasteiger charge is -2.27. The second-order valence-corrected chi connectivity index (χ2v) is 5.10. The zero-order valence-corrected chi connectivity index (χ0v) is 13.0. The molecule has 0 spiro atoms. The lowest BCUT2D eigenvalue weighted by atomic mass is 9.77. The minimum atomic E-state index is -1.74. The van der Waals surface area contributed by atoms with Crippen LogP contribution in [0.25, 0.3) is 0 Å². The second kappa shape index (κ2) is 7.40. The third kappa shape index (κ3) is 3.37. The molecular formula is C14H17BrO5. The van der Waals surface area contributed by atoms with Gasteiger partial charge in [0.2, 0.25) is 0 Å². The number of carboxylic acids is 1. The van der Waals surface area contributed by atoms with Crippen molar-refractivity contribution in [3.8, 4) is 0 Å². The summed E-state index contributed by atoms with van der Waals surface area (Å²) < 4.78 is 10.7. The molecule has 6 heteroatoms. The molecule has 0 bridgehead atoms. The summed E-state index contributed by atoms with van der Waals surface area (Å²) in [5, 5.41) is 9.60. The number of ether oxygens (including phenoxy) is 2. The van der Waals surface area contributed by atoms with Crippen molar-refractivity contribution < 1.29 is 24.2 Å². The van der Waals surface area contributed by atoms with Crippen LogP contribution in [0, 0.1) is 0 Å². The Morgan fingerprint density at radius 2 is 1.90 bits per heavy atom. The van der Waals surface area contributed by atoms with Gasteiger partial charge in [-0.15, -0.1) is 0 Å². The standard InChI is InChI=1S/C14H17BrO5/c1-3-20-13(18)14(12(16)17,8-9-19-2)10-4-6-11(15)7-5-10/h4-7H,3,8-9H2,1-2H3,(H,16,17). The van der Waals surface area contributed by atoms with Crippen LogP contribution in [0.4, 0.5) is 0 Å². The van der Waals surface area contributed by atoms with Crippen LogP contribution in [0.3, 0.4) is 0 Å². The Morgan fingerprint density at radius 1 is 1.30 bits per heavy atom. The van der Waals surface area contributed by atoms with E-state index in [1.165, 1.54) is 7.11 Å². The van der Waals surface area contributed by atoms with E-state index in [9.17, 15) is 14.7 Å². The van der Waals surface area contributed by atoms with Crippen molar-refractivity contribution in [3.05, 3.63) is 34.3 Å². The fourth-order valence-electron chi connectivity index (χ4n) is 1.93. The summed E-state index contributed by atoms with van der Waals surface area (Å²) in [5.41, 5.74) is -1.36. The van der Waals surface area contributed by atoms with Crippen LogP contribution in [0.5, 0.6) is 0 Å². The number of hydrogen-bond acceptors (Lipinski definition) is 4. The Hall–Kier alpha value is -1.40. The number of carbonyl (C=O) groups is 2. The van der Waals surface area contributed by atoms with Crippen LogP contribution in [0.2, 0.25) is 0 Å². The van der Waals surface area contributed by atoms with E-state index in [0.29, 0.717) is 5.56 Å². The molecule has 0 heterocycles. The smallest absolute Gasteiger partial charge is 0.328 e. The number of benzene rings is 1. The normalized spacial score (nSPS) is 13.6. The minimum absolute atomic E-state index is 0.0132. The number of aliphatic carboxylic acids is 1. The van der Waals surface area contributed by atoms with Gasteiger partial charge in [-0.1, -0.05) is 28.1 Å². The maximum Gasteiger partial charge on any atom is 0.328 e. The number of carbonyl (C=O) groups excluding carboxylic acids is 1. The molecule has 1 aromatic carbocycles. The van der Waals surface area contributed by atoms with Gasteiger partial charge in [0.1, 0.15) is 0 Å². The van der Waals surface area contributed by atoms with Crippen molar-refractivity contribution in [1.82, 2.24) is 0 Å². The average molecular weight is 345 g/mol. The number of methoxy groups -OCH3 is 1. The second-order valence-electron chi connectivity index (χ2n) is 4.18. The molecule has 0 amide bonds. The molecule has 0 saturated carbocycles. The lowest BCUT2D eigenvalue weighted by molar-refractivity contribution is -0.162. The molecule has 0 fully saturated rings. The van der Waals surface area contributed by atoms with Gasteiger partial charge in [-0.2, -0.15) is 0 Å². The summed E-state index contributed by atoms with van der Waals surface area (Å²) in [6.07, 6.45) is 0.0132. The summed E-state index contributed by atoms with van der Waals surface area (Å²) in [6.45, 7) is 1.90. The zero-order chi connectivity index (χ0) is 15.2. The van der Waals surface area contributed by atoms with Crippen molar-refractivity contribution >= 4 is 27.9 Å². The molecule has 5 nitrogen and oxygen atoms in total. The Kier molecular flexibility index (Phi) is 6.16. The van der Waals surface area contributed by atoms with Crippen molar-refractivity contribution in [1.29, 1.82) is 0 Å². The van der Waals surface area contributed by atoms with Gasteiger partial charge in [0.15, 0.2) is 5.41 Å². The van der Waals surface area contributed by atoms with Gasteiger partial charge >= 0.3 is 11.9 Å². The first kappa shape index (κ1) is 16.7. The topological polar surface area (TPSA) is 72.8 Å². The van der Waals surface area contributed by atoms with E-state index in [-0.39, 0.29) is 19.6 Å². The maximum absolute atomic E-state index is 12.2. The van der Waals surface area contributed by atoms with Crippen LogP contribution in [0.15, 0.2) is 28.7 Å². The number of hydrogen-bond donors (Lipinski definition) is 1. The molecule has 1 unspecified atom stereocenters. The zero-order valence-electron chi connectivity index (χ0n) is 11.4. The monoisotopic (exact) mass is 344 g/mol. The van der Waals surface area contributed by atoms with E-state index >= 15 is 0 Å². The van der Waals surface area contributed by atoms with Crippen LogP contribution in [0.1, 0.15) is 18.9 Å². The molecule has 1 aromatic rings. The molecule has 110 valence electrons. The molecule has 0 aliphatic heterocycles. The molecule has 1 atom stereocenters. The first-order valence-electron chi connectivity index (χ1n) is 6.14. The molecule has 0 aliphatic carbocycles. The van der Waals surface area contributed by atoms with Gasteiger partial charge in [-0.05, 0) is 24.6 Å². The quantitative estimate of drug-likeness (QED) is 0.607. The highest BCUT2D eigenvalue weighted by atomic mass is 79.9. The third-order valence-corrected chi connectivity index (χ3v) is 3.54. The summed E-state index contributed by atoms with van der Waals surface area (Å²) in [5.74, 6) is -2.01. The molecule has 0 aliphatic rings. The average Bonchev–Trinajstić information content (AvgIpc) is 2.41. The van der Waals surface area contributed by atoms with Crippen molar-refractivity contribution in [2.24, 2.45) is 0 Å². The Labute approximate surface area is 126 Å². The highest BCUT2D eigenvalue weighted by molar-refractivity contribution is 9.10. The van der Waals surface area contributed by atoms with E-state index < -0.39 is 17.4 Å². The molecular weight excluding hydrogens is 328 g/mol. The van der Waals surface area contributed by atoms with Crippen molar-refractivity contribution in [3.63, 3.8) is 0 Å². The Morgan fingerprint density at radius 3 is 2.35 bits per heavy atom. The van der Waals surface area contributed by atoms with Gasteiger partial charge in [-0.25, -0.2) is 0 Å². The fraction of sp³-hybridized carbons (Fsp3) is 0.429. The van der Waals surface area contributed by atoms with Gasteiger partial charge < -0.3 is 14.6 Å². The Balaban J connectivity index is 3.31. The molecule has 1 rings (SSSR count). The van der Waals surface area contributed by atoms with Crippen LogP contribution in [-0.4, -0.2) is 37.4 Å². The predicted molar refractivity (Wildman–Crippen MR) is 76.6 cm³/mol. The SMILES string of the molecule is CCOC(=O)C(CCOC)(C(=O)O)c1ccc(Br)cc1. The molecule has 0 radical (unpaired) electrons. The first-order valence-corrected chi connectivity index (χ1v) is 6.94. The highest BCUT2D eigenvalue weighted by Crippen LogP contribution is 2.31. The molecule has 0 aromatic heterocycles. The van der Waals surface area contributed by atoms with Gasteiger partial charge in [0.05, 0.1) is 6.61 Å². The van der Waals surface area contributed by atoms with Crippen molar-refractivity contribution in [2.75, 3.05) is 20.3 Å². The fourth-order valence-corrected chi connectivity index (χ4v) is 2.19. The van der Waals surface area contributed by atoms with Gasteiger partial charge in [0, 0.05) is 24.6 Å². The summed E-state index contributed by atoms with van der Waals surface area (Å²) >= 11 is 3.28. The van der Waals surface area contributed by atoms with Gasteiger partial charge in [-0.3, -0.25) is 9.59 Å². The summed E-state index contributed by atoms with van der Waals surface area (Å²) in [4.78, 5) is 24.0. The van der Waals surface area contributed by atoms with E-state index in [1.54, 1.807) is 31.2 Å². The maximum atomic E-state index is 12.2. The summed E-state index contributed by atoms with van der Waals surface area (Å²) in [7, 11) is 1.46. The first-order chi connectivity index (χ1) is 9.48. The predicted octanol–water partition coefficient (Wildman–Crippen LogP) is 2.37. The summed E-state index contributed by atoms with van der Waals surface area (Å²) in [6, 6.07) is 6.59. The molecule has 1 N–H and O–H groups in total. The van der Waals surface area contributed by atoms with Crippen LogP contribution < -0.4 is 0 Å². The number of esters is 1. The minimum Gasteiger partial charge on any atom is -0.480 e. The van der Waals surface area contributed by atoms with E-state index in [1.807, 2.05) is 0 Å². The van der Waals surface area contributed by atoms with Crippen LogP contribution >= 0.6 is 15.9 Å². The number of rotatable bonds is 7. The number of carboxylic acid groups (broad SMARTS) is 1. The molecule has 0 saturated heterocycles. The highest BCUT2D eigenvalue weighted by Gasteiger charge is 2.49. The number of halogens is 1. The molecule has 20 heavy (non-hydrogen) atoms. The largest absolute Gasteiger partial charge is 0.480 e. The Bertz CT molecular complexity index is 471. The van der Waals surface area contributed by atoms with Crippen molar-refractivity contribution in [2.45, 2.75) is 18.8 Å². The van der Waals surface area contributed by atoms with E-state index in [0.717, 1.165) is 4.47 Å². The van der Waals surface area contributed by atoms with Gasteiger partial charge in [0.25, 0.3) is 0 Å². The van der Waals surface area contributed by atoms with E-state index in [2.05, 4.69) is 15.9 Å². The van der Waals surface area contributed by atoms with E-state index in [4.69, 9.17) is 9.47 Å². The van der Waals surface area contributed by atoms with Crippen LogP contribution in [-0.2, 0) is 24.5 Å².